The minimum absolute atomic E-state index is 0.125. The van der Waals surface area contributed by atoms with Gasteiger partial charge in [-0.1, -0.05) is 48.5 Å². The number of piperidine rings is 1. The normalized spacial score (nSPS) is 16.9. The summed E-state index contributed by atoms with van der Waals surface area (Å²) < 4.78 is 44.8. The molecule has 1 aromatic heterocycles. The Balaban J connectivity index is 1.44. The lowest BCUT2D eigenvalue weighted by Gasteiger charge is -2.39. The third-order valence-electron chi connectivity index (χ3n) is 8.88. The van der Waals surface area contributed by atoms with Crippen LogP contribution in [0.3, 0.4) is 0 Å². The van der Waals surface area contributed by atoms with Crippen molar-refractivity contribution in [3.05, 3.63) is 101 Å². The molecule has 2 aromatic carbocycles. The molecule has 0 bridgehead atoms. The molecule has 0 aliphatic carbocycles. The molecular weight excluding hydrogens is 607 g/mol. The number of rotatable bonds is 10. The van der Waals surface area contributed by atoms with E-state index in [1.807, 2.05) is 61.5 Å². The van der Waals surface area contributed by atoms with Crippen molar-refractivity contribution in [2.75, 3.05) is 58.4 Å². The molecule has 1 atom stereocenters. The molecule has 8 nitrogen and oxygen atoms in total. The molecule has 2 aliphatic rings. The zero-order valence-electron chi connectivity index (χ0n) is 26.9. The molecule has 0 N–H and O–H groups in total. The van der Waals surface area contributed by atoms with E-state index in [1.165, 1.54) is 24.3 Å². The largest absolute Gasteiger partial charge is 0.416 e. The summed E-state index contributed by atoms with van der Waals surface area (Å²) in [5.41, 5.74) is 1.36. The number of anilines is 1. The van der Waals surface area contributed by atoms with E-state index in [0.29, 0.717) is 44.3 Å². The average Bonchev–Trinajstić information content (AvgIpc) is 3.09. The van der Waals surface area contributed by atoms with E-state index in [2.05, 4.69) is 14.8 Å². The van der Waals surface area contributed by atoms with Gasteiger partial charge in [0.15, 0.2) is 0 Å². The number of hydrogen-bond acceptors (Lipinski definition) is 6. The molecule has 0 saturated carbocycles. The number of alkyl halides is 3. The van der Waals surface area contributed by atoms with Crippen molar-refractivity contribution in [3.63, 3.8) is 0 Å². The second-order valence-electron chi connectivity index (χ2n) is 12.3. The van der Waals surface area contributed by atoms with E-state index >= 15 is 0 Å². The van der Waals surface area contributed by atoms with Crippen molar-refractivity contribution in [2.24, 2.45) is 0 Å². The van der Waals surface area contributed by atoms with Gasteiger partial charge in [0, 0.05) is 57.5 Å². The van der Waals surface area contributed by atoms with Crippen LogP contribution in [0.4, 0.5) is 19.0 Å². The summed E-state index contributed by atoms with van der Waals surface area (Å²) in [7, 11) is 4.09. The number of likely N-dealkylation sites (tertiary alicyclic amines) is 1. The van der Waals surface area contributed by atoms with Crippen LogP contribution in [0.25, 0.3) is 6.08 Å². The summed E-state index contributed by atoms with van der Waals surface area (Å²) in [5, 5.41) is 0. The van der Waals surface area contributed by atoms with E-state index in [1.54, 1.807) is 11.1 Å². The smallest absolute Gasteiger partial charge is 0.378 e. The minimum Gasteiger partial charge on any atom is -0.378 e. The third-order valence-corrected chi connectivity index (χ3v) is 8.88. The van der Waals surface area contributed by atoms with Gasteiger partial charge >= 0.3 is 6.18 Å². The van der Waals surface area contributed by atoms with E-state index in [-0.39, 0.29) is 12.5 Å². The Morgan fingerprint density at radius 2 is 1.62 bits per heavy atom. The quantitative estimate of drug-likeness (QED) is 0.284. The Bertz CT molecular complexity index is 1480. The van der Waals surface area contributed by atoms with Gasteiger partial charge in [0.25, 0.3) is 0 Å². The average molecular weight is 650 g/mol. The summed E-state index contributed by atoms with van der Waals surface area (Å²) in [4.78, 5) is 40.8. The first-order valence-electron chi connectivity index (χ1n) is 16.0. The zero-order chi connectivity index (χ0) is 33.4. The van der Waals surface area contributed by atoms with Gasteiger partial charge in [-0.3, -0.25) is 9.59 Å². The van der Waals surface area contributed by atoms with Gasteiger partial charge in [-0.2, -0.15) is 13.2 Å². The van der Waals surface area contributed by atoms with Crippen molar-refractivity contribution in [3.8, 4) is 0 Å². The Morgan fingerprint density at radius 3 is 2.21 bits per heavy atom. The van der Waals surface area contributed by atoms with E-state index in [0.717, 1.165) is 55.0 Å². The highest BCUT2D eigenvalue weighted by Gasteiger charge is 2.35. The zero-order valence-corrected chi connectivity index (χ0v) is 26.9. The number of pyridine rings is 1. The van der Waals surface area contributed by atoms with Crippen molar-refractivity contribution >= 4 is 23.7 Å². The van der Waals surface area contributed by atoms with Gasteiger partial charge < -0.3 is 24.3 Å². The predicted molar refractivity (Wildman–Crippen MR) is 176 cm³/mol. The van der Waals surface area contributed by atoms with Crippen LogP contribution in [0, 0.1) is 0 Å². The third kappa shape index (κ3) is 9.20. The highest BCUT2D eigenvalue weighted by atomic mass is 19.4. The number of morpholine rings is 1. The Hall–Kier alpha value is -4.22. The predicted octanol–water partition coefficient (Wildman–Crippen LogP) is 5.14. The number of carbonyl (C=O) groups is 2. The molecule has 3 aromatic rings. The number of benzene rings is 2. The van der Waals surface area contributed by atoms with Gasteiger partial charge in [0.2, 0.25) is 11.8 Å². The minimum atomic E-state index is -4.45. The fraction of sp³-hybridized carbons (Fsp3) is 0.417. The van der Waals surface area contributed by atoms with Crippen molar-refractivity contribution in [2.45, 2.75) is 44.1 Å². The highest BCUT2D eigenvalue weighted by Crippen LogP contribution is 2.29. The fourth-order valence-corrected chi connectivity index (χ4v) is 6.06. The summed E-state index contributed by atoms with van der Waals surface area (Å²) in [6.45, 7) is 4.05. The summed E-state index contributed by atoms with van der Waals surface area (Å²) in [5.74, 6) is 0.276. The molecule has 2 saturated heterocycles. The lowest BCUT2D eigenvalue weighted by atomic mass is 9.99. The molecule has 250 valence electrons. The fourth-order valence-electron chi connectivity index (χ4n) is 6.06. The van der Waals surface area contributed by atoms with Crippen LogP contribution in [-0.2, 0) is 33.5 Å². The molecule has 2 aliphatic heterocycles. The van der Waals surface area contributed by atoms with Crippen molar-refractivity contribution < 1.29 is 27.5 Å². The molecule has 0 unspecified atom stereocenters. The number of amides is 2. The van der Waals surface area contributed by atoms with Gasteiger partial charge in [-0.25, -0.2) is 4.98 Å². The van der Waals surface area contributed by atoms with E-state index in [9.17, 15) is 22.8 Å². The second kappa shape index (κ2) is 15.6. The highest BCUT2D eigenvalue weighted by molar-refractivity contribution is 5.95. The van der Waals surface area contributed by atoms with Gasteiger partial charge in [-0.15, -0.1) is 0 Å². The molecule has 2 fully saturated rings. The standard InChI is InChI=1S/C36H42F3N5O3/c1-41(2)31-16-18-43(19-17-31)35(46)32(24-28-6-4-3-5-7-28)44(26-29-10-14-33(40-25-29)42-20-22-47-23-21-42)34(45)15-11-27-8-12-30(13-9-27)36(37,38)39/h3-15,25,31-32H,16-24,26H2,1-2H3/b15-11+/t32-/m0/s1. The van der Waals surface area contributed by atoms with Crippen LogP contribution in [0.2, 0.25) is 0 Å². The topological polar surface area (TPSA) is 69.2 Å². The lowest BCUT2D eigenvalue weighted by molar-refractivity contribution is -0.145. The second-order valence-corrected chi connectivity index (χ2v) is 12.3. The van der Waals surface area contributed by atoms with Gasteiger partial charge in [0.1, 0.15) is 11.9 Å². The van der Waals surface area contributed by atoms with Gasteiger partial charge in [-0.05, 0) is 67.9 Å². The maximum atomic E-state index is 14.3. The van der Waals surface area contributed by atoms with Crippen molar-refractivity contribution in [1.29, 1.82) is 0 Å². The van der Waals surface area contributed by atoms with E-state index < -0.39 is 23.7 Å². The molecule has 0 radical (unpaired) electrons. The SMILES string of the molecule is CN(C)C1CCN(C(=O)[C@H](Cc2ccccc2)N(Cc2ccc(N3CCOCC3)nc2)C(=O)/C=C/c2ccc(C(F)(F)F)cc2)CC1. The van der Waals surface area contributed by atoms with Crippen LogP contribution < -0.4 is 4.90 Å². The van der Waals surface area contributed by atoms with Crippen LogP contribution in [0.1, 0.15) is 35.1 Å². The number of hydrogen-bond donors (Lipinski definition) is 0. The Labute approximate surface area is 274 Å². The van der Waals surface area contributed by atoms with Crippen LogP contribution in [-0.4, -0.2) is 97.1 Å². The molecule has 0 spiro atoms. The molecular formula is C36H42F3N5O3. The summed E-state index contributed by atoms with van der Waals surface area (Å²) >= 11 is 0. The van der Waals surface area contributed by atoms with Crippen LogP contribution in [0.5, 0.6) is 0 Å². The lowest BCUT2D eigenvalue weighted by Crippen LogP contribution is -2.54. The Morgan fingerprint density at radius 1 is 0.936 bits per heavy atom. The number of aromatic nitrogens is 1. The van der Waals surface area contributed by atoms with Crippen LogP contribution >= 0.6 is 0 Å². The summed E-state index contributed by atoms with van der Waals surface area (Å²) in [6, 6.07) is 17.6. The van der Waals surface area contributed by atoms with Gasteiger partial charge in [0.05, 0.1) is 18.8 Å². The maximum absolute atomic E-state index is 14.3. The first kappa shape index (κ1) is 34.1. The monoisotopic (exact) mass is 649 g/mol. The maximum Gasteiger partial charge on any atom is 0.416 e. The number of ether oxygens (including phenoxy) is 1. The molecule has 5 rings (SSSR count). The molecule has 11 heteroatoms. The molecule has 47 heavy (non-hydrogen) atoms. The summed E-state index contributed by atoms with van der Waals surface area (Å²) in [6.07, 6.45) is 2.09. The first-order valence-corrected chi connectivity index (χ1v) is 16.0. The van der Waals surface area contributed by atoms with E-state index in [4.69, 9.17) is 4.74 Å². The van der Waals surface area contributed by atoms with Crippen LogP contribution in [0.15, 0.2) is 79.0 Å². The number of halogens is 3. The number of carbonyl (C=O) groups excluding carboxylic acids is 2. The number of nitrogens with zero attached hydrogens (tertiary/aromatic N) is 5. The first-order chi connectivity index (χ1) is 22.6. The van der Waals surface area contributed by atoms with Crippen molar-refractivity contribution in [1.82, 2.24) is 19.7 Å². The molecule has 3 heterocycles. The molecule has 2 amide bonds. The Kier molecular flexibility index (Phi) is 11.3.